The molecule has 0 aliphatic rings. The lowest BCUT2D eigenvalue weighted by Crippen LogP contribution is -2.11. The maximum Gasteiger partial charge on any atom is 0.133 e. The quantitative estimate of drug-likeness (QED) is 0.0818. The lowest BCUT2D eigenvalue weighted by atomic mass is 10.1. The summed E-state index contributed by atoms with van der Waals surface area (Å²) < 4.78 is 17.6. The number of nitrogens with one attached hydrogen (secondary N) is 2. The summed E-state index contributed by atoms with van der Waals surface area (Å²) >= 11 is 7.30. The molecule has 3 aromatic carbocycles. The topological polar surface area (TPSA) is 104 Å². The average molecular weight is 781 g/mol. The molecular weight excluding hydrogens is 736 g/mol. The van der Waals surface area contributed by atoms with Gasteiger partial charge in [0.15, 0.2) is 0 Å². The second-order valence-corrected chi connectivity index (χ2v) is 13.4. The number of aromatic nitrogens is 6. The highest BCUT2D eigenvalue weighted by molar-refractivity contribution is 9.10. The van der Waals surface area contributed by atoms with Crippen molar-refractivity contribution in [2.24, 2.45) is 0 Å². The number of aryl methyl sites for hydroxylation is 4. The van der Waals surface area contributed by atoms with E-state index in [4.69, 9.17) is 9.47 Å². The van der Waals surface area contributed by atoms with Crippen LogP contribution in [-0.4, -0.2) is 70.4 Å². The van der Waals surface area contributed by atoms with Gasteiger partial charge in [0, 0.05) is 24.2 Å². The summed E-state index contributed by atoms with van der Waals surface area (Å²) in [5, 5.41) is 23.8. The van der Waals surface area contributed by atoms with Crippen LogP contribution in [0, 0.1) is 0 Å². The van der Waals surface area contributed by atoms with Crippen LogP contribution in [0.25, 0.3) is 22.5 Å². The summed E-state index contributed by atoms with van der Waals surface area (Å²) in [4.78, 5) is 0. The van der Waals surface area contributed by atoms with Crippen molar-refractivity contribution in [3.05, 3.63) is 93.1 Å². The molecule has 5 rings (SSSR count). The molecule has 0 aliphatic carbocycles. The molecule has 2 heterocycles. The van der Waals surface area contributed by atoms with Crippen LogP contribution in [0.3, 0.4) is 0 Å². The molecule has 254 valence electrons. The Morgan fingerprint density at radius 3 is 1.44 bits per heavy atom. The van der Waals surface area contributed by atoms with E-state index < -0.39 is 0 Å². The molecule has 12 heteroatoms. The van der Waals surface area contributed by atoms with Crippen LogP contribution in [-0.2, 0) is 25.9 Å². The molecule has 0 saturated carbocycles. The molecule has 5 aromatic rings. The number of ether oxygens (including phenoxy) is 2. The number of halogens is 2. The molecule has 10 nitrogen and oxygen atoms in total. The summed E-state index contributed by atoms with van der Waals surface area (Å²) in [6.07, 6.45) is 9.78. The van der Waals surface area contributed by atoms with Gasteiger partial charge >= 0.3 is 0 Å². The molecule has 48 heavy (non-hydrogen) atoms. The van der Waals surface area contributed by atoms with E-state index in [0.29, 0.717) is 13.2 Å². The lowest BCUT2D eigenvalue weighted by molar-refractivity contribution is 0.308. The van der Waals surface area contributed by atoms with Gasteiger partial charge in [0.25, 0.3) is 0 Å². The van der Waals surface area contributed by atoms with Crippen LogP contribution >= 0.6 is 31.9 Å². The van der Waals surface area contributed by atoms with Gasteiger partial charge in [-0.15, -0.1) is 10.2 Å². The first-order chi connectivity index (χ1) is 23.5. The number of hydrogen-bond donors (Lipinski definition) is 2. The van der Waals surface area contributed by atoms with Crippen molar-refractivity contribution in [3.8, 4) is 34.0 Å². The van der Waals surface area contributed by atoms with Crippen LogP contribution < -0.4 is 20.1 Å². The van der Waals surface area contributed by atoms with Crippen molar-refractivity contribution in [1.29, 1.82) is 0 Å². The zero-order chi connectivity index (χ0) is 33.6. The summed E-state index contributed by atoms with van der Waals surface area (Å²) in [5.41, 5.74) is 6.27. The summed E-state index contributed by atoms with van der Waals surface area (Å²) in [6, 6.07) is 20.9. The molecule has 0 radical (unpaired) electrons. The first-order valence-electron chi connectivity index (χ1n) is 16.5. The summed E-state index contributed by atoms with van der Waals surface area (Å²) in [6.45, 7) is 4.87. The fourth-order valence-corrected chi connectivity index (χ4v) is 6.36. The Balaban J connectivity index is 1.05. The Hall–Kier alpha value is -3.58. The second kappa shape index (κ2) is 18.8. The summed E-state index contributed by atoms with van der Waals surface area (Å²) in [7, 11) is 3.90. The van der Waals surface area contributed by atoms with E-state index >= 15 is 0 Å². The van der Waals surface area contributed by atoms with Gasteiger partial charge in [0.05, 0.1) is 34.6 Å². The monoisotopic (exact) mass is 778 g/mol. The highest BCUT2D eigenvalue weighted by Crippen LogP contribution is 2.28. The Kier molecular flexibility index (Phi) is 14.0. The van der Waals surface area contributed by atoms with Gasteiger partial charge in [-0.25, -0.2) is 0 Å². The van der Waals surface area contributed by atoms with Gasteiger partial charge in [-0.1, -0.05) is 46.8 Å². The van der Waals surface area contributed by atoms with Gasteiger partial charge in [0.2, 0.25) is 0 Å². The van der Waals surface area contributed by atoms with E-state index in [0.717, 1.165) is 108 Å². The van der Waals surface area contributed by atoms with E-state index in [2.05, 4.69) is 112 Å². The number of benzene rings is 3. The molecule has 0 fully saturated rings. The molecule has 2 aromatic heterocycles. The maximum atomic E-state index is 5.87. The van der Waals surface area contributed by atoms with Crippen molar-refractivity contribution in [3.63, 3.8) is 0 Å². The number of hydrogen-bond acceptors (Lipinski definition) is 8. The molecule has 0 spiro atoms. The minimum Gasteiger partial charge on any atom is -0.492 e. The average Bonchev–Trinajstić information content (AvgIpc) is 3.77. The Morgan fingerprint density at radius 1 is 0.604 bits per heavy atom. The standard InChI is InChI=1S/C36H44Br2N8O2/c1-39-17-5-21-47-35-15-9-27(23-31(35)37)7-3-19-45-25-33(41-43-45)29-11-13-30(14-12-29)34-26-46(44-42-34)20-4-8-28-10-16-36(32(38)24-28)48-22-6-18-40-2/h9-16,23-26,39-40H,3-8,17-22H2,1-2H3. The Bertz CT molecular complexity index is 1580. The van der Waals surface area contributed by atoms with Gasteiger partial charge in [-0.3, -0.25) is 9.36 Å². The third-order valence-electron chi connectivity index (χ3n) is 7.91. The van der Waals surface area contributed by atoms with Crippen molar-refractivity contribution < 1.29 is 9.47 Å². The first-order valence-corrected chi connectivity index (χ1v) is 18.1. The molecule has 0 unspecified atom stereocenters. The van der Waals surface area contributed by atoms with Crippen molar-refractivity contribution in [2.75, 3.05) is 40.4 Å². The molecule has 2 N–H and O–H groups in total. The normalized spacial score (nSPS) is 11.2. The predicted molar refractivity (Wildman–Crippen MR) is 197 cm³/mol. The van der Waals surface area contributed by atoms with E-state index in [1.807, 2.05) is 48.0 Å². The minimum absolute atomic E-state index is 0.697. The van der Waals surface area contributed by atoms with Gasteiger partial charge < -0.3 is 20.1 Å². The minimum atomic E-state index is 0.697. The number of rotatable bonds is 20. The third-order valence-corrected chi connectivity index (χ3v) is 9.15. The van der Waals surface area contributed by atoms with Crippen molar-refractivity contribution >= 4 is 31.9 Å². The third kappa shape index (κ3) is 10.7. The fraction of sp³-hybridized carbons (Fsp3) is 0.389. The molecule has 0 atom stereocenters. The van der Waals surface area contributed by atoms with E-state index in [-0.39, 0.29) is 0 Å². The zero-order valence-electron chi connectivity index (χ0n) is 27.7. The Labute approximate surface area is 299 Å². The fourth-order valence-electron chi connectivity index (χ4n) is 5.28. The predicted octanol–water partition coefficient (Wildman–Crippen LogP) is 6.97. The van der Waals surface area contributed by atoms with Crippen LogP contribution in [0.1, 0.15) is 36.8 Å². The maximum absolute atomic E-state index is 5.87. The summed E-state index contributed by atoms with van der Waals surface area (Å²) in [5.74, 6) is 1.77. The molecule has 0 saturated heterocycles. The van der Waals surface area contributed by atoms with Gasteiger partial charge in [-0.05, 0) is 133 Å². The number of nitrogens with zero attached hydrogens (tertiary/aromatic N) is 6. The highest BCUT2D eigenvalue weighted by atomic mass is 79.9. The van der Waals surface area contributed by atoms with Gasteiger partial charge in [0.1, 0.15) is 22.9 Å². The lowest BCUT2D eigenvalue weighted by Gasteiger charge is -2.10. The van der Waals surface area contributed by atoms with Crippen molar-refractivity contribution in [1.82, 2.24) is 40.6 Å². The van der Waals surface area contributed by atoms with Crippen molar-refractivity contribution in [2.45, 2.75) is 51.6 Å². The largest absolute Gasteiger partial charge is 0.492 e. The van der Waals surface area contributed by atoms with Gasteiger partial charge in [-0.2, -0.15) is 0 Å². The van der Waals surface area contributed by atoms with E-state index in [9.17, 15) is 0 Å². The van der Waals surface area contributed by atoms with Crippen LogP contribution in [0.2, 0.25) is 0 Å². The van der Waals surface area contributed by atoms with Crippen LogP contribution in [0.15, 0.2) is 82.0 Å². The van der Waals surface area contributed by atoms with E-state index in [1.54, 1.807) is 0 Å². The first kappa shape index (κ1) is 35.7. The molecular formula is C36H44Br2N8O2. The molecule has 0 aliphatic heterocycles. The van der Waals surface area contributed by atoms with Crippen LogP contribution in [0.5, 0.6) is 11.5 Å². The molecule has 0 amide bonds. The smallest absolute Gasteiger partial charge is 0.133 e. The Morgan fingerprint density at radius 2 is 1.04 bits per heavy atom. The van der Waals surface area contributed by atoms with E-state index in [1.165, 1.54) is 11.1 Å². The molecule has 0 bridgehead atoms. The van der Waals surface area contributed by atoms with Crippen LogP contribution in [0.4, 0.5) is 0 Å². The zero-order valence-corrected chi connectivity index (χ0v) is 30.8. The SMILES string of the molecule is CNCCCOc1ccc(CCCn2cc(-c3ccc(-c4cn(CCCc5ccc(OCCCNC)c(Br)c5)nn4)cc3)nn2)cc1Br. The highest BCUT2D eigenvalue weighted by Gasteiger charge is 2.09. The second-order valence-electron chi connectivity index (χ2n) is 11.7.